The SMILES string of the molecule is CCCCCCCCC(CCP(=O)(O)O)CCP(=O)(O)O. The van der Waals surface area contributed by atoms with Crippen LogP contribution in [0.2, 0.25) is 0 Å². The first-order valence-electron chi connectivity index (χ1n) is 7.73. The highest BCUT2D eigenvalue weighted by molar-refractivity contribution is 7.52. The van der Waals surface area contributed by atoms with Crippen LogP contribution in [0.4, 0.5) is 0 Å². The van der Waals surface area contributed by atoms with E-state index >= 15 is 0 Å². The second kappa shape index (κ2) is 10.9. The van der Waals surface area contributed by atoms with Crippen molar-refractivity contribution < 1.29 is 28.7 Å². The van der Waals surface area contributed by atoms with Gasteiger partial charge in [-0.25, -0.2) is 0 Å². The molecule has 4 N–H and O–H groups in total. The van der Waals surface area contributed by atoms with Crippen LogP contribution < -0.4 is 0 Å². The van der Waals surface area contributed by atoms with Gasteiger partial charge in [-0.3, -0.25) is 9.13 Å². The Balaban J connectivity index is 4.06. The van der Waals surface area contributed by atoms with Gasteiger partial charge in [0.15, 0.2) is 0 Å². The summed E-state index contributed by atoms with van der Waals surface area (Å²) in [5, 5.41) is 0. The Kier molecular flexibility index (Phi) is 11.1. The van der Waals surface area contributed by atoms with Crippen molar-refractivity contribution in [2.24, 2.45) is 5.92 Å². The van der Waals surface area contributed by atoms with Gasteiger partial charge in [-0.05, 0) is 18.8 Å². The van der Waals surface area contributed by atoms with Gasteiger partial charge in [0.25, 0.3) is 0 Å². The zero-order valence-corrected chi connectivity index (χ0v) is 14.6. The molecule has 0 rings (SSSR count). The van der Waals surface area contributed by atoms with Crippen molar-refractivity contribution in [1.29, 1.82) is 0 Å². The molecule has 0 aromatic carbocycles. The summed E-state index contributed by atoms with van der Waals surface area (Å²) in [5.41, 5.74) is 0. The summed E-state index contributed by atoms with van der Waals surface area (Å²) in [7, 11) is -8.06. The fourth-order valence-corrected chi connectivity index (χ4v) is 3.75. The highest BCUT2D eigenvalue weighted by atomic mass is 31.2. The zero-order chi connectivity index (χ0) is 16.4. The van der Waals surface area contributed by atoms with Crippen molar-refractivity contribution in [3.63, 3.8) is 0 Å². The first kappa shape index (κ1) is 21.3. The largest absolute Gasteiger partial charge is 0.325 e. The topological polar surface area (TPSA) is 115 Å². The molecule has 0 fully saturated rings. The Morgan fingerprint density at radius 2 is 1.14 bits per heavy atom. The molecule has 0 heterocycles. The van der Waals surface area contributed by atoms with E-state index in [1.165, 1.54) is 19.3 Å². The molecule has 0 aliphatic rings. The molecule has 0 saturated heterocycles. The van der Waals surface area contributed by atoms with Crippen LogP contribution in [-0.2, 0) is 9.13 Å². The van der Waals surface area contributed by atoms with E-state index in [2.05, 4.69) is 6.92 Å². The van der Waals surface area contributed by atoms with Crippen LogP contribution in [0.5, 0.6) is 0 Å². The van der Waals surface area contributed by atoms with Crippen LogP contribution in [0.15, 0.2) is 0 Å². The van der Waals surface area contributed by atoms with Crippen molar-refractivity contribution in [2.75, 3.05) is 12.3 Å². The second-order valence-electron chi connectivity index (χ2n) is 5.78. The van der Waals surface area contributed by atoms with Crippen molar-refractivity contribution in [1.82, 2.24) is 0 Å². The quantitative estimate of drug-likeness (QED) is 0.300. The molecule has 0 atom stereocenters. The van der Waals surface area contributed by atoms with E-state index in [4.69, 9.17) is 19.6 Å². The van der Waals surface area contributed by atoms with Crippen molar-refractivity contribution in [3.8, 4) is 0 Å². The lowest BCUT2D eigenvalue weighted by molar-refractivity contribution is 0.348. The van der Waals surface area contributed by atoms with E-state index in [-0.39, 0.29) is 18.2 Å². The smallest absolute Gasteiger partial charge is 0.324 e. The van der Waals surface area contributed by atoms with Gasteiger partial charge in [-0.2, -0.15) is 0 Å². The number of rotatable bonds is 13. The summed E-state index contributed by atoms with van der Waals surface area (Å²) in [6, 6.07) is 0. The van der Waals surface area contributed by atoms with E-state index in [0.717, 1.165) is 25.7 Å². The van der Waals surface area contributed by atoms with Gasteiger partial charge in [-0.1, -0.05) is 51.9 Å². The summed E-state index contributed by atoms with van der Waals surface area (Å²) in [4.78, 5) is 35.7. The standard InChI is InChI=1S/C13H30O6P2/c1-2-3-4-5-6-7-8-13(9-11-20(14,15)16)10-12-21(17,18)19/h13H,2-12H2,1H3,(H2,14,15,16)(H2,17,18,19). The van der Waals surface area contributed by atoms with Gasteiger partial charge >= 0.3 is 15.2 Å². The third-order valence-corrected chi connectivity index (χ3v) is 5.30. The monoisotopic (exact) mass is 344 g/mol. The number of hydrogen-bond acceptors (Lipinski definition) is 2. The van der Waals surface area contributed by atoms with Crippen LogP contribution in [0.3, 0.4) is 0 Å². The predicted octanol–water partition coefficient (Wildman–Crippen LogP) is 3.49. The third-order valence-electron chi connectivity index (χ3n) is 3.62. The predicted molar refractivity (Wildman–Crippen MR) is 84.5 cm³/mol. The fraction of sp³-hybridized carbons (Fsp3) is 1.00. The summed E-state index contributed by atoms with van der Waals surface area (Å²) in [5.74, 6) is -0.0172. The highest BCUT2D eigenvalue weighted by Gasteiger charge is 2.21. The summed E-state index contributed by atoms with van der Waals surface area (Å²) < 4.78 is 21.9. The first-order valence-corrected chi connectivity index (χ1v) is 11.3. The van der Waals surface area contributed by atoms with E-state index < -0.39 is 15.2 Å². The molecule has 0 aromatic rings. The molecule has 6 nitrogen and oxygen atoms in total. The minimum Gasteiger partial charge on any atom is -0.324 e. The lowest BCUT2D eigenvalue weighted by Gasteiger charge is -2.17. The summed E-state index contributed by atoms with van der Waals surface area (Å²) >= 11 is 0. The van der Waals surface area contributed by atoms with Crippen LogP contribution in [-0.4, -0.2) is 31.9 Å². The molecular formula is C13H30O6P2. The molecule has 0 aliphatic heterocycles. The molecule has 0 saturated carbocycles. The number of hydrogen-bond donors (Lipinski definition) is 4. The summed E-state index contributed by atoms with van der Waals surface area (Å²) in [6.07, 6.45) is 7.84. The molecule has 8 heteroatoms. The number of unbranched alkanes of at least 4 members (excludes halogenated alkanes) is 5. The highest BCUT2D eigenvalue weighted by Crippen LogP contribution is 2.40. The van der Waals surface area contributed by atoms with E-state index in [0.29, 0.717) is 12.8 Å². The molecule has 0 unspecified atom stereocenters. The average molecular weight is 344 g/mol. The van der Waals surface area contributed by atoms with Gasteiger partial charge in [0, 0.05) is 0 Å². The lowest BCUT2D eigenvalue weighted by atomic mass is 9.95. The van der Waals surface area contributed by atoms with E-state index in [1.807, 2.05) is 0 Å². The van der Waals surface area contributed by atoms with Gasteiger partial charge in [-0.15, -0.1) is 0 Å². The average Bonchev–Trinajstić information content (AvgIpc) is 2.33. The Morgan fingerprint density at radius 3 is 1.57 bits per heavy atom. The molecule has 0 amide bonds. The van der Waals surface area contributed by atoms with Crippen molar-refractivity contribution in [2.45, 2.75) is 64.7 Å². The second-order valence-corrected chi connectivity index (χ2v) is 9.33. The van der Waals surface area contributed by atoms with Gasteiger partial charge < -0.3 is 19.6 Å². The van der Waals surface area contributed by atoms with Crippen molar-refractivity contribution in [3.05, 3.63) is 0 Å². The zero-order valence-electron chi connectivity index (χ0n) is 12.9. The lowest BCUT2D eigenvalue weighted by Crippen LogP contribution is -2.07. The Hall–Kier alpha value is 0.300. The normalized spacial score (nSPS) is 13.0. The molecule has 0 aromatic heterocycles. The van der Waals surface area contributed by atoms with Gasteiger partial charge in [0.2, 0.25) is 0 Å². The molecule has 0 bridgehead atoms. The summed E-state index contributed by atoms with van der Waals surface area (Å²) in [6.45, 7) is 2.15. The van der Waals surface area contributed by atoms with Gasteiger partial charge in [0.1, 0.15) is 0 Å². The molecule has 0 radical (unpaired) electrons. The van der Waals surface area contributed by atoms with Crippen LogP contribution >= 0.6 is 15.2 Å². The molecular weight excluding hydrogens is 314 g/mol. The van der Waals surface area contributed by atoms with Crippen LogP contribution in [0.1, 0.15) is 64.7 Å². The molecule has 21 heavy (non-hydrogen) atoms. The maximum absolute atomic E-state index is 10.9. The maximum Gasteiger partial charge on any atom is 0.325 e. The van der Waals surface area contributed by atoms with Crippen LogP contribution in [0.25, 0.3) is 0 Å². The third kappa shape index (κ3) is 16.5. The minimum absolute atomic E-state index is 0.0172. The Bertz CT molecular complexity index is 323. The minimum atomic E-state index is -4.03. The van der Waals surface area contributed by atoms with E-state index in [1.54, 1.807) is 0 Å². The maximum atomic E-state index is 10.9. The van der Waals surface area contributed by atoms with Crippen molar-refractivity contribution >= 4 is 15.2 Å². The fourth-order valence-electron chi connectivity index (χ4n) is 2.35. The first-order chi connectivity index (χ1) is 9.64. The van der Waals surface area contributed by atoms with Gasteiger partial charge in [0.05, 0.1) is 12.3 Å². The van der Waals surface area contributed by atoms with Crippen LogP contribution in [0, 0.1) is 5.92 Å². The molecule has 128 valence electrons. The Morgan fingerprint density at radius 1 is 0.714 bits per heavy atom. The molecule has 0 aliphatic carbocycles. The Labute approximate surface area is 127 Å². The van der Waals surface area contributed by atoms with E-state index in [9.17, 15) is 9.13 Å². The molecule has 0 spiro atoms.